The smallest absolute Gasteiger partial charge is 0.407 e. The molecule has 0 aliphatic carbocycles. The van der Waals surface area contributed by atoms with Crippen molar-refractivity contribution in [1.82, 2.24) is 10.6 Å². The normalized spacial score (nSPS) is 16.2. The molecule has 5 aromatic carbocycles. The van der Waals surface area contributed by atoms with Crippen LogP contribution in [-0.4, -0.2) is 58.9 Å². The van der Waals surface area contributed by atoms with Gasteiger partial charge in [0, 0.05) is 24.2 Å². The van der Waals surface area contributed by atoms with Gasteiger partial charge in [0.2, 0.25) is 15.9 Å². The van der Waals surface area contributed by atoms with E-state index in [1.165, 1.54) is 7.11 Å². The molecule has 10 nitrogen and oxygen atoms in total. The minimum absolute atomic E-state index is 0.0219. The van der Waals surface area contributed by atoms with Crippen molar-refractivity contribution in [3.05, 3.63) is 167 Å². The molecule has 0 bridgehead atoms. The monoisotopic (exact) mass is 760 g/mol. The maximum Gasteiger partial charge on any atom is 0.407 e. The highest BCUT2D eigenvalue weighted by Gasteiger charge is 2.33. The number of alkyl carbamates (subject to hydrolysis) is 1. The van der Waals surface area contributed by atoms with E-state index in [1.54, 1.807) is 18.2 Å². The van der Waals surface area contributed by atoms with Crippen LogP contribution in [0.1, 0.15) is 46.6 Å². The van der Waals surface area contributed by atoms with Crippen LogP contribution >= 0.6 is 0 Å². The summed E-state index contributed by atoms with van der Waals surface area (Å²) in [6.07, 6.45) is 2.15. The first-order valence-corrected chi connectivity index (χ1v) is 20.2. The van der Waals surface area contributed by atoms with Crippen LogP contribution in [0, 0.1) is 0 Å². The van der Waals surface area contributed by atoms with Crippen LogP contribution in [0.5, 0.6) is 0 Å². The molecule has 3 atom stereocenters. The molecule has 1 fully saturated rings. The number of ether oxygens (including phenoxy) is 2. The van der Waals surface area contributed by atoms with E-state index in [1.807, 2.05) is 121 Å². The number of hydrogen-bond donors (Lipinski definition) is 4. The van der Waals surface area contributed by atoms with Gasteiger partial charge in [-0.15, -0.1) is 0 Å². The highest BCUT2D eigenvalue weighted by molar-refractivity contribution is 7.91. The first-order chi connectivity index (χ1) is 26.8. The van der Waals surface area contributed by atoms with Gasteiger partial charge in [-0.05, 0) is 65.6 Å². The molecule has 0 aromatic heterocycles. The highest BCUT2D eigenvalue weighted by atomic mass is 32.2. The maximum atomic E-state index is 14.1. The summed E-state index contributed by atoms with van der Waals surface area (Å²) in [5.41, 5.74) is 5.66. The predicted octanol–water partition coefficient (Wildman–Crippen LogP) is 7.05. The predicted molar refractivity (Wildman–Crippen MR) is 216 cm³/mol. The minimum Gasteiger partial charge on any atom is -0.453 e. The molecule has 1 saturated heterocycles. The van der Waals surface area contributed by atoms with Crippen molar-refractivity contribution in [3.63, 3.8) is 0 Å². The summed E-state index contributed by atoms with van der Waals surface area (Å²) in [6.45, 7) is 1.21. The number of morpholine rings is 1. The largest absolute Gasteiger partial charge is 0.453 e. The first-order valence-electron chi connectivity index (χ1n) is 18.6. The molecule has 286 valence electrons. The lowest BCUT2D eigenvalue weighted by Gasteiger charge is -2.31. The average molecular weight is 761 g/mol. The number of amides is 2. The Kier molecular flexibility index (Phi) is 13.7. The second-order valence-electron chi connectivity index (χ2n) is 13.7. The van der Waals surface area contributed by atoms with Gasteiger partial charge in [-0.1, -0.05) is 127 Å². The molecule has 1 aliphatic rings. The Morgan fingerprint density at radius 1 is 0.745 bits per heavy atom. The summed E-state index contributed by atoms with van der Waals surface area (Å²) >= 11 is 0. The zero-order chi connectivity index (χ0) is 38.5. The molecular weight excluding hydrogens is 713 g/mol. The van der Waals surface area contributed by atoms with Crippen LogP contribution in [0.2, 0.25) is 0 Å². The van der Waals surface area contributed by atoms with E-state index in [9.17, 15) is 18.0 Å². The average Bonchev–Trinajstić information content (AvgIpc) is 3.21. The molecule has 0 saturated carbocycles. The fraction of sp³-hybridized carbons (Fsp3) is 0.273. The van der Waals surface area contributed by atoms with E-state index in [0.29, 0.717) is 37.4 Å². The van der Waals surface area contributed by atoms with E-state index in [0.717, 1.165) is 40.7 Å². The molecule has 1 aliphatic heterocycles. The van der Waals surface area contributed by atoms with Crippen LogP contribution in [0.4, 0.5) is 16.2 Å². The van der Waals surface area contributed by atoms with Crippen LogP contribution in [0.15, 0.2) is 140 Å². The van der Waals surface area contributed by atoms with Gasteiger partial charge in [0.1, 0.15) is 6.04 Å². The van der Waals surface area contributed by atoms with E-state index >= 15 is 0 Å². The third kappa shape index (κ3) is 11.3. The van der Waals surface area contributed by atoms with Gasteiger partial charge in [0.15, 0.2) is 0 Å². The number of carbonyl (C=O) groups excluding carboxylic acids is 2. The molecule has 1 unspecified atom stereocenters. The number of benzene rings is 5. The van der Waals surface area contributed by atoms with Crippen LogP contribution in [0.3, 0.4) is 0 Å². The number of methoxy groups -OCH3 is 1. The standard InChI is InChI=1S/C44H48N4O6S/c1-53-44(50)47-42(41(35-19-7-3-8-20-35)36-21-9-4-10-22-36)43(49)46-39-23-13-11-17-33(39)26-28-38-29-45-37(30-54-38)27-25-34-18-12-14-24-40(34)48-55(51,52)31-32-15-5-2-6-16-32/h2-24,37-38,41-42,45,48H,25-31H2,1H3,(H,46,49)(H,47,50)/t37-,38-,42?/m1/s1. The second-order valence-corrected chi connectivity index (χ2v) is 15.4. The summed E-state index contributed by atoms with van der Waals surface area (Å²) in [6, 6.07) is 42.8. The molecule has 55 heavy (non-hydrogen) atoms. The van der Waals surface area contributed by atoms with Crippen molar-refractivity contribution in [2.45, 2.75) is 55.5 Å². The zero-order valence-electron chi connectivity index (χ0n) is 30.9. The van der Waals surface area contributed by atoms with Crippen molar-refractivity contribution in [3.8, 4) is 0 Å². The Bertz CT molecular complexity index is 2050. The zero-order valence-corrected chi connectivity index (χ0v) is 31.7. The van der Waals surface area contributed by atoms with Crippen LogP contribution in [-0.2, 0) is 42.9 Å². The van der Waals surface area contributed by atoms with Crippen molar-refractivity contribution >= 4 is 33.4 Å². The van der Waals surface area contributed by atoms with Gasteiger partial charge >= 0.3 is 6.09 Å². The second kappa shape index (κ2) is 19.2. The fourth-order valence-corrected chi connectivity index (χ4v) is 8.21. The minimum atomic E-state index is -3.57. The Labute approximate surface area is 323 Å². The quantitative estimate of drug-likeness (QED) is 0.0848. The maximum absolute atomic E-state index is 14.1. The third-order valence-electron chi connectivity index (χ3n) is 9.81. The van der Waals surface area contributed by atoms with Crippen LogP contribution < -0.4 is 20.7 Å². The first kappa shape index (κ1) is 39.2. The van der Waals surface area contributed by atoms with E-state index in [-0.39, 0.29) is 23.8 Å². The molecule has 0 radical (unpaired) electrons. The molecule has 0 spiro atoms. The lowest BCUT2D eigenvalue weighted by atomic mass is 9.84. The van der Waals surface area contributed by atoms with Crippen molar-refractivity contribution in [2.75, 3.05) is 30.3 Å². The number of para-hydroxylation sites is 2. The molecule has 11 heteroatoms. The van der Waals surface area contributed by atoms with Crippen molar-refractivity contribution in [1.29, 1.82) is 0 Å². The summed E-state index contributed by atoms with van der Waals surface area (Å²) in [4.78, 5) is 26.7. The summed E-state index contributed by atoms with van der Waals surface area (Å²) in [5.74, 6) is -0.922. The number of anilines is 2. The Morgan fingerprint density at radius 3 is 1.89 bits per heavy atom. The number of rotatable bonds is 16. The number of carbonyl (C=O) groups is 2. The molecule has 2 amide bonds. The summed E-state index contributed by atoms with van der Waals surface area (Å²) < 4.78 is 39.9. The SMILES string of the molecule is COC(=O)NC(C(=O)Nc1ccccc1CC[C@@H]1CN[C@H](CCc2ccccc2NS(=O)(=O)Cc2ccccc2)CO1)C(c1ccccc1)c1ccccc1. The molecule has 1 heterocycles. The lowest BCUT2D eigenvalue weighted by molar-refractivity contribution is -0.118. The van der Waals surface area contributed by atoms with E-state index in [2.05, 4.69) is 20.7 Å². The fourth-order valence-electron chi connectivity index (χ4n) is 6.98. The van der Waals surface area contributed by atoms with Gasteiger partial charge in [0.05, 0.1) is 31.3 Å². The molecular formula is C44H48N4O6S. The lowest BCUT2D eigenvalue weighted by Crippen LogP contribution is -2.48. The number of nitrogens with one attached hydrogen (secondary N) is 4. The third-order valence-corrected chi connectivity index (χ3v) is 11.1. The Hall–Kier alpha value is -5.49. The van der Waals surface area contributed by atoms with Gasteiger partial charge in [-0.3, -0.25) is 9.52 Å². The highest BCUT2D eigenvalue weighted by Crippen LogP contribution is 2.30. The molecule has 5 aromatic rings. The number of sulfonamides is 1. The van der Waals surface area contributed by atoms with Crippen molar-refractivity contribution in [2.24, 2.45) is 0 Å². The van der Waals surface area contributed by atoms with Crippen LogP contribution in [0.25, 0.3) is 0 Å². The van der Waals surface area contributed by atoms with Gasteiger partial charge < -0.3 is 25.4 Å². The Morgan fingerprint density at radius 2 is 1.29 bits per heavy atom. The topological polar surface area (TPSA) is 135 Å². The van der Waals surface area contributed by atoms with Gasteiger partial charge in [0.25, 0.3) is 0 Å². The number of aryl methyl sites for hydroxylation is 2. The number of hydrogen-bond acceptors (Lipinski definition) is 7. The summed E-state index contributed by atoms with van der Waals surface area (Å²) in [7, 11) is -2.29. The van der Waals surface area contributed by atoms with E-state index < -0.39 is 28.1 Å². The molecule has 6 rings (SSSR count). The van der Waals surface area contributed by atoms with Gasteiger partial charge in [-0.2, -0.15) is 0 Å². The Balaban J connectivity index is 1.04. The molecule has 4 N–H and O–H groups in total. The van der Waals surface area contributed by atoms with E-state index in [4.69, 9.17) is 9.47 Å². The summed E-state index contributed by atoms with van der Waals surface area (Å²) in [5, 5.41) is 9.53. The van der Waals surface area contributed by atoms with Crippen molar-refractivity contribution < 1.29 is 27.5 Å². The van der Waals surface area contributed by atoms with Gasteiger partial charge in [-0.25, -0.2) is 13.2 Å².